The van der Waals surface area contributed by atoms with Gasteiger partial charge in [-0.2, -0.15) is 0 Å². The van der Waals surface area contributed by atoms with E-state index in [1.54, 1.807) is 0 Å². The molecule has 0 saturated heterocycles. The molecule has 0 aromatic rings. The third-order valence-electron chi connectivity index (χ3n) is 4.81. The van der Waals surface area contributed by atoms with E-state index in [9.17, 15) is 9.90 Å². The molecule has 3 unspecified atom stereocenters. The van der Waals surface area contributed by atoms with Gasteiger partial charge < -0.3 is 15.2 Å². The van der Waals surface area contributed by atoms with Gasteiger partial charge in [0.25, 0.3) is 0 Å². The molecule has 0 aliphatic heterocycles. The molecule has 130 valence electrons. The van der Waals surface area contributed by atoms with Crippen LogP contribution in [-0.4, -0.2) is 52.5 Å². The average Bonchev–Trinajstić information content (AvgIpc) is 2.37. The van der Waals surface area contributed by atoms with E-state index in [1.165, 1.54) is 0 Å². The largest absolute Gasteiger partial charge is 0.444 e. The molecule has 1 aliphatic rings. The fraction of sp³-hybridized carbons (Fsp3) is 0.941. The van der Waals surface area contributed by atoms with Crippen LogP contribution >= 0.6 is 0 Å². The Morgan fingerprint density at radius 3 is 2.36 bits per heavy atom. The second kappa shape index (κ2) is 7.18. The Hall–Kier alpha value is -0.810. The molecule has 0 bridgehead atoms. The maximum atomic E-state index is 12.1. The van der Waals surface area contributed by atoms with Crippen LogP contribution in [0.4, 0.5) is 4.79 Å². The van der Waals surface area contributed by atoms with E-state index in [0.717, 1.165) is 19.3 Å². The van der Waals surface area contributed by atoms with Crippen molar-refractivity contribution in [3.05, 3.63) is 0 Å². The minimum Gasteiger partial charge on any atom is -0.444 e. The second-order valence-electron chi connectivity index (χ2n) is 8.06. The van der Waals surface area contributed by atoms with Gasteiger partial charge in [-0.15, -0.1) is 0 Å². The molecule has 1 aliphatic carbocycles. The van der Waals surface area contributed by atoms with Gasteiger partial charge in [0.15, 0.2) is 0 Å². The highest BCUT2D eigenvalue weighted by Gasteiger charge is 2.38. The third-order valence-corrected chi connectivity index (χ3v) is 4.81. The van der Waals surface area contributed by atoms with Crippen LogP contribution in [0.2, 0.25) is 0 Å². The predicted octanol–water partition coefficient (Wildman–Crippen LogP) is 2.91. The fourth-order valence-electron chi connectivity index (χ4n) is 2.88. The van der Waals surface area contributed by atoms with Gasteiger partial charge in [-0.25, -0.2) is 4.79 Å². The Balaban J connectivity index is 2.79. The Bertz CT molecular complexity index is 377. The number of aliphatic hydroxyl groups is 1. The Kier molecular flexibility index (Phi) is 6.27. The van der Waals surface area contributed by atoms with Crippen molar-refractivity contribution in [1.82, 2.24) is 10.2 Å². The van der Waals surface area contributed by atoms with Crippen molar-refractivity contribution in [1.29, 1.82) is 0 Å². The van der Waals surface area contributed by atoms with Crippen LogP contribution in [0.3, 0.4) is 0 Å². The van der Waals surface area contributed by atoms with E-state index >= 15 is 0 Å². The number of hydrogen-bond donors (Lipinski definition) is 2. The fourth-order valence-corrected chi connectivity index (χ4v) is 2.88. The molecule has 3 atom stereocenters. The second-order valence-corrected chi connectivity index (χ2v) is 8.06. The minimum atomic E-state index is -0.498. The highest BCUT2D eigenvalue weighted by Crippen LogP contribution is 2.29. The quantitative estimate of drug-likeness (QED) is 0.837. The summed E-state index contributed by atoms with van der Waals surface area (Å²) < 4.78 is 5.38. The van der Waals surface area contributed by atoms with Gasteiger partial charge in [-0.05, 0) is 67.3 Å². The summed E-state index contributed by atoms with van der Waals surface area (Å²) in [6, 6.07) is 0.125. The van der Waals surface area contributed by atoms with Crippen LogP contribution in [-0.2, 0) is 4.74 Å². The topological polar surface area (TPSA) is 61.8 Å². The number of nitrogens with zero attached hydrogens (tertiary/aromatic N) is 1. The molecule has 0 aromatic heterocycles. The lowest BCUT2D eigenvalue weighted by atomic mass is 9.84. The Labute approximate surface area is 135 Å². The number of amides is 1. The minimum absolute atomic E-state index is 0.00840. The molecule has 0 aromatic carbocycles. The molecule has 22 heavy (non-hydrogen) atoms. The van der Waals surface area contributed by atoms with Crippen molar-refractivity contribution >= 4 is 6.09 Å². The molecule has 5 heteroatoms. The number of rotatable bonds is 4. The first-order valence-electron chi connectivity index (χ1n) is 8.37. The van der Waals surface area contributed by atoms with E-state index in [0.29, 0.717) is 6.42 Å². The highest BCUT2D eigenvalue weighted by molar-refractivity contribution is 5.68. The molecule has 0 radical (unpaired) electrons. The van der Waals surface area contributed by atoms with Gasteiger partial charge >= 0.3 is 6.09 Å². The van der Waals surface area contributed by atoms with Crippen LogP contribution in [0.1, 0.15) is 67.2 Å². The normalized spacial score (nSPS) is 26.9. The summed E-state index contributed by atoms with van der Waals surface area (Å²) in [6.45, 7) is 12.1. The average molecular weight is 314 g/mol. The number of aliphatic hydroxyl groups excluding tert-OH is 1. The maximum absolute atomic E-state index is 12.1. The zero-order chi connectivity index (χ0) is 17.1. The zero-order valence-electron chi connectivity index (χ0n) is 15.3. The molecular weight excluding hydrogens is 280 g/mol. The first kappa shape index (κ1) is 19.2. The number of nitrogens with one attached hydrogen (secondary N) is 1. The maximum Gasteiger partial charge on any atom is 0.407 e. The number of carbonyl (C=O) groups is 1. The van der Waals surface area contributed by atoms with E-state index in [2.05, 4.69) is 38.0 Å². The molecule has 1 fully saturated rings. The Morgan fingerprint density at radius 2 is 1.86 bits per heavy atom. The number of ether oxygens (including phenoxy) is 1. The summed E-state index contributed by atoms with van der Waals surface area (Å²) in [5.41, 5.74) is -0.474. The SMILES string of the molecule is CCC(C)(C)N(C)C1CC(O)CCC1NC(=O)OC(C)(C)C. The van der Waals surface area contributed by atoms with Gasteiger partial charge in [0.2, 0.25) is 0 Å². The first-order chi connectivity index (χ1) is 9.96. The molecule has 1 saturated carbocycles. The van der Waals surface area contributed by atoms with Gasteiger partial charge in [-0.1, -0.05) is 6.92 Å². The number of likely N-dealkylation sites (N-methyl/N-ethyl adjacent to an activating group) is 1. The monoisotopic (exact) mass is 314 g/mol. The summed E-state index contributed by atoms with van der Waals surface area (Å²) in [7, 11) is 2.08. The molecule has 1 rings (SSSR count). The van der Waals surface area contributed by atoms with Crippen LogP contribution < -0.4 is 5.32 Å². The molecule has 5 nitrogen and oxygen atoms in total. The summed E-state index contributed by atoms with van der Waals surface area (Å²) in [4.78, 5) is 14.4. The third kappa shape index (κ3) is 5.43. The van der Waals surface area contributed by atoms with Crippen LogP contribution in [0.25, 0.3) is 0 Å². The van der Waals surface area contributed by atoms with Crippen LogP contribution in [0.5, 0.6) is 0 Å². The summed E-state index contributed by atoms with van der Waals surface area (Å²) in [5, 5.41) is 13.0. The molecule has 1 amide bonds. The standard InChI is InChI=1S/C17H34N2O3/c1-8-17(5,6)19(7)14-11-12(20)9-10-13(14)18-15(21)22-16(2,3)4/h12-14,20H,8-11H2,1-7H3,(H,18,21). The lowest BCUT2D eigenvalue weighted by Gasteiger charge is -2.47. The van der Waals surface area contributed by atoms with E-state index in [1.807, 2.05) is 20.8 Å². The van der Waals surface area contributed by atoms with Crippen molar-refractivity contribution in [2.24, 2.45) is 0 Å². The van der Waals surface area contributed by atoms with Crippen molar-refractivity contribution < 1.29 is 14.6 Å². The van der Waals surface area contributed by atoms with Crippen molar-refractivity contribution in [3.63, 3.8) is 0 Å². The van der Waals surface area contributed by atoms with Gasteiger partial charge in [0.1, 0.15) is 5.60 Å². The van der Waals surface area contributed by atoms with E-state index < -0.39 is 5.60 Å². The van der Waals surface area contributed by atoms with Crippen molar-refractivity contribution in [2.75, 3.05) is 7.05 Å². The van der Waals surface area contributed by atoms with Gasteiger partial charge in [0.05, 0.1) is 6.10 Å². The predicted molar refractivity (Wildman–Crippen MR) is 88.9 cm³/mol. The molecular formula is C17H34N2O3. The first-order valence-corrected chi connectivity index (χ1v) is 8.37. The van der Waals surface area contributed by atoms with Gasteiger partial charge in [-0.3, -0.25) is 4.90 Å². The lowest BCUT2D eigenvalue weighted by molar-refractivity contribution is 0.000177. The van der Waals surface area contributed by atoms with Crippen molar-refractivity contribution in [3.8, 4) is 0 Å². The van der Waals surface area contributed by atoms with E-state index in [-0.39, 0.29) is 29.8 Å². The molecule has 0 heterocycles. The van der Waals surface area contributed by atoms with E-state index in [4.69, 9.17) is 4.74 Å². The number of alkyl carbamates (subject to hydrolysis) is 1. The molecule has 2 N–H and O–H groups in total. The Morgan fingerprint density at radius 1 is 1.27 bits per heavy atom. The zero-order valence-corrected chi connectivity index (χ0v) is 15.3. The number of carbonyl (C=O) groups excluding carboxylic acids is 1. The van der Waals surface area contributed by atoms with Crippen LogP contribution in [0, 0.1) is 0 Å². The molecule has 0 spiro atoms. The van der Waals surface area contributed by atoms with Gasteiger partial charge in [0, 0.05) is 17.6 Å². The van der Waals surface area contributed by atoms with Crippen LogP contribution in [0.15, 0.2) is 0 Å². The number of hydrogen-bond acceptors (Lipinski definition) is 4. The smallest absolute Gasteiger partial charge is 0.407 e. The lowest BCUT2D eigenvalue weighted by Crippen LogP contribution is -2.59. The summed E-state index contributed by atoms with van der Waals surface area (Å²) in [6.07, 6.45) is 2.51. The summed E-state index contributed by atoms with van der Waals surface area (Å²) in [5.74, 6) is 0. The highest BCUT2D eigenvalue weighted by atomic mass is 16.6. The van der Waals surface area contributed by atoms with Crippen molar-refractivity contribution in [2.45, 2.75) is 96.6 Å². The summed E-state index contributed by atoms with van der Waals surface area (Å²) >= 11 is 0.